The fourth-order valence-corrected chi connectivity index (χ4v) is 4.28. The summed E-state index contributed by atoms with van der Waals surface area (Å²) in [7, 11) is 0. The average Bonchev–Trinajstić information content (AvgIpc) is 3.21. The van der Waals surface area contributed by atoms with Gasteiger partial charge in [-0.1, -0.05) is 30.3 Å². The van der Waals surface area contributed by atoms with Crippen molar-refractivity contribution >= 4 is 28.3 Å². The normalized spacial score (nSPS) is 33.0. The van der Waals surface area contributed by atoms with Crippen molar-refractivity contribution in [1.29, 1.82) is 0 Å². The fraction of sp³-hybridized carbons (Fsp3) is 0.333. The van der Waals surface area contributed by atoms with Crippen LogP contribution in [0.4, 0.5) is 5.69 Å². The highest BCUT2D eigenvalue weighted by Gasteiger charge is 2.62. The van der Waals surface area contributed by atoms with E-state index in [2.05, 4.69) is 0 Å². The van der Waals surface area contributed by atoms with E-state index in [9.17, 15) is 9.59 Å². The van der Waals surface area contributed by atoms with Crippen LogP contribution in [-0.4, -0.2) is 24.0 Å². The van der Waals surface area contributed by atoms with Crippen LogP contribution < -0.4 is 4.90 Å². The van der Waals surface area contributed by atoms with E-state index in [1.165, 1.54) is 4.90 Å². The standard InChI is InChI=1S/C18H15NO3/c20-17-15-13-7-8-14(22-13)16(15)18(21)19(17)12-6-5-10-3-1-2-4-11(10)9-12/h1-6,9,13-16H,7-8H2/t13-,14+,15-,16+. The molecule has 2 aromatic rings. The summed E-state index contributed by atoms with van der Waals surface area (Å²) in [5.41, 5.74) is 0.683. The molecule has 4 heteroatoms. The largest absolute Gasteiger partial charge is 0.373 e. The van der Waals surface area contributed by atoms with Crippen LogP contribution in [0.1, 0.15) is 12.8 Å². The molecule has 4 atom stereocenters. The number of fused-ring (bicyclic) bond motifs is 6. The summed E-state index contributed by atoms with van der Waals surface area (Å²) in [6.07, 6.45) is 1.68. The maximum absolute atomic E-state index is 12.7. The zero-order valence-corrected chi connectivity index (χ0v) is 11.9. The number of carbonyl (C=O) groups excluding carboxylic acids is 2. The number of nitrogens with zero attached hydrogens (tertiary/aromatic N) is 1. The van der Waals surface area contributed by atoms with E-state index in [-0.39, 0.29) is 35.9 Å². The number of hydrogen-bond acceptors (Lipinski definition) is 3. The maximum atomic E-state index is 12.7. The number of carbonyl (C=O) groups is 2. The predicted molar refractivity (Wildman–Crippen MR) is 81.3 cm³/mol. The third kappa shape index (κ3) is 1.45. The van der Waals surface area contributed by atoms with Crippen LogP contribution in [0.15, 0.2) is 42.5 Å². The molecule has 3 aliphatic rings. The first-order valence-corrected chi connectivity index (χ1v) is 7.76. The summed E-state index contributed by atoms with van der Waals surface area (Å²) >= 11 is 0. The molecule has 4 nitrogen and oxygen atoms in total. The highest BCUT2D eigenvalue weighted by atomic mass is 16.5. The first kappa shape index (κ1) is 12.4. The molecule has 0 spiro atoms. The molecule has 0 aromatic heterocycles. The monoisotopic (exact) mass is 293 g/mol. The minimum absolute atomic E-state index is 0.0584. The van der Waals surface area contributed by atoms with E-state index in [0.717, 1.165) is 23.6 Å². The second-order valence-corrected chi connectivity index (χ2v) is 6.39. The summed E-state index contributed by atoms with van der Waals surface area (Å²) in [4.78, 5) is 26.9. The Kier molecular flexibility index (Phi) is 2.34. The maximum Gasteiger partial charge on any atom is 0.240 e. The van der Waals surface area contributed by atoms with Crippen LogP contribution in [0.3, 0.4) is 0 Å². The fourth-order valence-electron chi connectivity index (χ4n) is 4.28. The van der Waals surface area contributed by atoms with Gasteiger partial charge >= 0.3 is 0 Å². The number of ether oxygens (including phenoxy) is 1. The van der Waals surface area contributed by atoms with Gasteiger partial charge in [-0.3, -0.25) is 9.59 Å². The molecule has 0 N–H and O–H groups in total. The van der Waals surface area contributed by atoms with E-state index in [0.29, 0.717) is 5.69 Å². The Morgan fingerprint density at radius 1 is 0.864 bits per heavy atom. The van der Waals surface area contributed by atoms with Crippen molar-refractivity contribution in [2.45, 2.75) is 25.0 Å². The van der Waals surface area contributed by atoms with Crippen molar-refractivity contribution in [3.05, 3.63) is 42.5 Å². The van der Waals surface area contributed by atoms with Crippen molar-refractivity contribution in [1.82, 2.24) is 0 Å². The van der Waals surface area contributed by atoms with Crippen molar-refractivity contribution in [2.24, 2.45) is 11.8 Å². The molecule has 0 aliphatic carbocycles. The summed E-state index contributed by atoms with van der Waals surface area (Å²) in [6, 6.07) is 13.7. The van der Waals surface area contributed by atoms with Gasteiger partial charge in [0.15, 0.2) is 0 Å². The molecule has 2 amide bonds. The number of rotatable bonds is 1. The van der Waals surface area contributed by atoms with Crippen molar-refractivity contribution in [3.8, 4) is 0 Å². The highest BCUT2D eigenvalue weighted by Crippen LogP contribution is 2.49. The molecule has 3 aliphatic heterocycles. The topological polar surface area (TPSA) is 46.6 Å². The van der Waals surface area contributed by atoms with Gasteiger partial charge in [-0.2, -0.15) is 0 Å². The van der Waals surface area contributed by atoms with Crippen LogP contribution in [0.25, 0.3) is 10.8 Å². The van der Waals surface area contributed by atoms with Gasteiger partial charge < -0.3 is 4.74 Å². The van der Waals surface area contributed by atoms with Crippen LogP contribution >= 0.6 is 0 Å². The Hall–Kier alpha value is -2.20. The Morgan fingerprint density at radius 2 is 1.50 bits per heavy atom. The zero-order valence-electron chi connectivity index (χ0n) is 11.9. The zero-order chi connectivity index (χ0) is 14.8. The lowest BCUT2D eigenvalue weighted by Gasteiger charge is -2.18. The molecule has 2 aromatic carbocycles. The van der Waals surface area contributed by atoms with E-state index in [4.69, 9.17) is 4.74 Å². The van der Waals surface area contributed by atoms with Crippen molar-refractivity contribution < 1.29 is 14.3 Å². The van der Waals surface area contributed by atoms with Crippen molar-refractivity contribution in [2.75, 3.05) is 4.90 Å². The number of anilines is 1. The van der Waals surface area contributed by atoms with E-state index >= 15 is 0 Å². The van der Waals surface area contributed by atoms with Gasteiger partial charge in [0.2, 0.25) is 11.8 Å². The lowest BCUT2D eigenvalue weighted by molar-refractivity contribution is -0.124. The second-order valence-electron chi connectivity index (χ2n) is 6.39. The SMILES string of the molecule is O=C1[C@@H]2[C@H](C(=O)N1c1ccc3ccccc3c1)[C@H]1CC[C@@H]2O1. The Labute approximate surface area is 127 Å². The first-order valence-electron chi connectivity index (χ1n) is 7.76. The molecule has 3 fully saturated rings. The lowest BCUT2D eigenvalue weighted by Crippen LogP contribution is -2.34. The van der Waals surface area contributed by atoms with Crippen LogP contribution in [0.5, 0.6) is 0 Å². The summed E-state index contributed by atoms with van der Waals surface area (Å²) in [6.45, 7) is 0. The summed E-state index contributed by atoms with van der Waals surface area (Å²) < 4.78 is 5.77. The number of benzene rings is 2. The highest BCUT2D eigenvalue weighted by molar-refractivity contribution is 6.23. The van der Waals surface area contributed by atoms with E-state index < -0.39 is 0 Å². The third-order valence-corrected chi connectivity index (χ3v) is 5.28. The Balaban J connectivity index is 1.59. The first-order chi connectivity index (χ1) is 10.7. The Morgan fingerprint density at radius 3 is 2.18 bits per heavy atom. The van der Waals surface area contributed by atoms with Gasteiger partial charge in [0.1, 0.15) is 0 Å². The second kappa shape index (κ2) is 4.17. The molecule has 2 bridgehead atoms. The number of imide groups is 1. The molecule has 0 unspecified atom stereocenters. The predicted octanol–water partition coefficient (Wildman–Crippen LogP) is 2.51. The van der Waals surface area contributed by atoms with Gasteiger partial charge in [-0.05, 0) is 35.7 Å². The third-order valence-electron chi connectivity index (χ3n) is 5.28. The van der Waals surface area contributed by atoms with E-state index in [1.54, 1.807) is 0 Å². The number of amides is 2. The molecule has 5 rings (SSSR count). The Bertz CT molecular complexity index is 787. The van der Waals surface area contributed by atoms with Gasteiger partial charge in [-0.15, -0.1) is 0 Å². The molecular weight excluding hydrogens is 278 g/mol. The molecule has 3 saturated heterocycles. The molecule has 110 valence electrons. The quantitative estimate of drug-likeness (QED) is 0.759. The summed E-state index contributed by atoms with van der Waals surface area (Å²) in [5, 5.41) is 2.14. The van der Waals surface area contributed by atoms with Gasteiger partial charge in [0, 0.05) is 0 Å². The van der Waals surface area contributed by atoms with Gasteiger partial charge in [0.25, 0.3) is 0 Å². The van der Waals surface area contributed by atoms with Crippen LogP contribution in [-0.2, 0) is 14.3 Å². The molecule has 3 heterocycles. The molecule has 22 heavy (non-hydrogen) atoms. The van der Waals surface area contributed by atoms with Crippen LogP contribution in [0.2, 0.25) is 0 Å². The smallest absolute Gasteiger partial charge is 0.240 e. The molecule has 0 radical (unpaired) electrons. The lowest BCUT2D eigenvalue weighted by atomic mass is 9.81. The molecular formula is C18H15NO3. The minimum atomic E-state index is -0.266. The van der Waals surface area contributed by atoms with Crippen LogP contribution in [0, 0.1) is 11.8 Å². The van der Waals surface area contributed by atoms with Crippen molar-refractivity contribution in [3.63, 3.8) is 0 Å². The van der Waals surface area contributed by atoms with Gasteiger partial charge in [-0.25, -0.2) is 4.90 Å². The van der Waals surface area contributed by atoms with E-state index in [1.807, 2.05) is 42.5 Å². The summed E-state index contributed by atoms with van der Waals surface area (Å²) in [5.74, 6) is -0.703. The minimum Gasteiger partial charge on any atom is -0.373 e. The molecule has 0 saturated carbocycles. The van der Waals surface area contributed by atoms with Gasteiger partial charge in [0.05, 0.1) is 29.7 Å². The average molecular weight is 293 g/mol. The number of hydrogen-bond donors (Lipinski definition) is 0.